The Hall–Kier alpha value is -1.87. The van der Waals surface area contributed by atoms with Gasteiger partial charge in [-0.25, -0.2) is 0 Å². The number of thiophene rings is 1. The molecule has 17 heavy (non-hydrogen) atoms. The van der Waals surface area contributed by atoms with Crippen LogP contribution in [0.15, 0.2) is 41.8 Å². The average Bonchev–Trinajstić information content (AvgIpc) is 2.78. The van der Waals surface area contributed by atoms with Gasteiger partial charge < -0.3 is 9.90 Å². The molecule has 0 atom stereocenters. The van der Waals surface area contributed by atoms with Crippen molar-refractivity contribution in [2.45, 2.75) is 6.92 Å². The minimum Gasteiger partial charge on any atom is -0.545 e. The summed E-state index contributed by atoms with van der Waals surface area (Å²) in [6.45, 7) is 1.97. The van der Waals surface area contributed by atoms with Crippen molar-refractivity contribution in [3.8, 4) is 0 Å². The van der Waals surface area contributed by atoms with Crippen LogP contribution in [-0.2, 0) is 4.79 Å². The highest BCUT2D eigenvalue weighted by Gasteiger charge is 2.04. The molecule has 0 spiro atoms. The van der Waals surface area contributed by atoms with Crippen LogP contribution in [0.3, 0.4) is 0 Å². The molecule has 1 heterocycles. The van der Waals surface area contributed by atoms with Crippen LogP contribution in [0, 0.1) is 6.92 Å². The maximum atomic E-state index is 11.1. The molecule has 0 fully saturated rings. The fraction of sp³-hybridized carbons (Fsp3) is 0.0714. The molecule has 1 aromatic heterocycles. The minimum atomic E-state index is -1.14. The van der Waals surface area contributed by atoms with Gasteiger partial charge in [0.15, 0.2) is 0 Å². The van der Waals surface area contributed by atoms with Crippen molar-refractivity contribution in [1.29, 1.82) is 0 Å². The molecule has 2 nitrogen and oxygen atoms in total. The van der Waals surface area contributed by atoms with Crippen molar-refractivity contribution in [2.75, 3.05) is 0 Å². The van der Waals surface area contributed by atoms with E-state index in [9.17, 15) is 9.90 Å². The van der Waals surface area contributed by atoms with E-state index < -0.39 is 5.97 Å². The lowest BCUT2D eigenvalue weighted by Crippen LogP contribution is -2.23. The van der Waals surface area contributed by atoms with Gasteiger partial charge in [-0.3, -0.25) is 0 Å². The highest BCUT2D eigenvalue weighted by molar-refractivity contribution is 7.11. The Kier molecular flexibility index (Phi) is 3.40. The lowest BCUT2D eigenvalue weighted by molar-refractivity contribution is -0.295. The Balaban J connectivity index is 2.44. The van der Waals surface area contributed by atoms with E-state index in [1.165, 1.54) is 11.3 Å². The lowest BCUT2D eigenvalue weighted by atomic mass is 10.1. The van der Waals surface area contributed by atoms with Crippen molar-refractivity contribution in [2.24, 2.45) is 0 Å². The van der Waals surface area contributed by atoms with Gasteiger partial charge in [-0.05, 0) is 30.0 Å². The Morgan fingerprint density at radius 1 is 1.29 bits per heavy atom. The summed E-state index contributed by atoms with van der Waals surface area (Å²) in [5.74, 6) is -1.14. The molecule has 0 bridgehead atoms. The van der Waals surface area contributed by atoms with E-state index >= 15 is 0 Å². The zero-order valence-corrected chi connectivity index (χ0v) is 10.2. The fourth-order valence-corrected chi connectivity index (χ4v) is 2.32. The Morgan fingerprint density at radius 3 is 2.71 bits per heavy atom. The van der Waals surface area contributed by atoms with E-state index in [2.05, 4.69) is 0 Å². The summed E-state index contributed by atoms with van der Waals surface area (Å²) in [4.78, 5) is 11.8. The molecular weight excluding hydrogens is 232 g/mol. The molecule has 0 aliphatic rings. The molecule has 2 rings (SSSR count). The van der Waals surface area contributed by atoms with E-state index in [0.29, 0.717) is 4.88 Å². The molecule has 2 aromatic rings. The molecule has 0 saturated heterocycles. The maximum Gasteiger partial charge on any atom is 0.0729 e. The van der Waals surface area contributed by atoms with E-state index in [4.69, 9.17) is 0 Å². The molecule has 0 unspecified atom stereocenters. The molecule has 0 aliphatic carbocycles. The van der Waals surface area contributed by atoms with Crippen molar-refractivity contribution < 1.29 is 9.90 Å². The van der Waals surface area contributed by atoms with Gasteiger partial charge in [0, 0.05) is 10.5 Å². The lowest BCUT2D eigenvalue weighted by Gasteiger charge is -2.06. The summed E-state index contributed by atoms with van der Waals surface area (Å²) in [5, 5.41) is 13.0. The molecular formula is C14H11O2S-. The predicted molar refractivity (Wildman–Crippen MR) is 68.4 cm³/mol. The van der Waals surface area contributed by atoms with Crippen LogP contribution in [-0.4, -0.2) is 5.97 Å². The van der Waals surface area contributed by atoms with Crippen LogP contribution >= 0.6 is 11.3 Å². The zero-order valence-electron chi connectivity index (χ0n) is 9.34. The number of rotatable bonds is 3. The van der Waals surface area contributed by atoms with Crippen LogP contribution in [0.2, 0.25) is 0 Å². The first-order chi connectivity index (χ1) is 8.16. The number of carbonyl (C=O) groups is 1. The third-order valence-electron chi connectivity index (χ3n) is 2.36. The van der Waals surface area contributed by atoms with Gasteiger partial charge in [0.05, 0.1) is 5.97 Å². The first-order valence-electron chi connectivity index (χ1n) is 5.20. The van der Waals surface area contributed by atoms with Gasteiger partial charge in [-0.15, -0.1) is 11.3 Å². The van der Waals surface area contributed by atoms with Gasteiger partial charge >= 0.3 is 0 Å². The summed E-state index contributed by atoms with van der Waals surface area (Å²) in [6, 6.07) is 11.3. The van der Waals surface area contributed by atoms with Gasteiger partial charge in [-0.1, -0.05) is 35.9 Å². The van der Waals surface area contributed by atoms with E-state index in [1.54, 1.807) is 12.1 Å². The molecule has 0 radical (unpaired) electrons. The number of aryl methyl sites for hydroxylation is 1. The number of carboxylic acids is 1. The predicted octanol–water partition coefficient (Wildman–Crippen LogP) is 2.35. The van der Waals surface area contributed by atoms with Crippen molar-refractivity contribution in [3.05, 3.63) is 57.8 Å². The number of benzene rings is 1. The monoisotopic (exact) mass is 243 g/mol. The molecule has 0 aliphatic heterocycles. The third kappa shape index (κ3) is 2.82. The molecule has 86 valence electrons. The van der Waals surface area contributed by atoms with E-state index in [1.807, 2.05) is 42.6 Å². The van der Waals surface area contributed by atoms with Gasteiger partial charge in [0.2, 0.25) is 0 Å². The number of carboxylic acid groups (broad SMARTS) is 1. The van der Waals surface area contributed by atoms with Gasteiger partial charge in [0.25, 0.3) is 0 Å². The van der Waals surface area contributed by atoms with E-state index in [0.717, 1.165) is 11.1 Å². The zero-order chi connectivity index (χ0) is 12.3. The van der Waals surface area contributed by atoms with Crippen LogP contribution in [0.25, 0.3) is 11.6 Å². The Labute approximate surface area is 104 Å². The molecule has 0 saturated carbocycles. The van der Waals surface area contributed by atoms with E-state index in [-0.39, 0.29) is 5.57 Å². The second-order valence-electron chi connectivity index (χ2n) is 3.74. The van der Waals surface area contributed by atoms with Crippen molar-refractivity contribution >= 4 is 29.0 Å². The van der Waals surface area contributed by atoms with Crippen LogP contribution in [0.1, 0.15) is 16.0 Å². The molecule has 0 N–H and O–H groups in total. The highest BCUT2D eigenvalue weighted by Crippen LogP contribution is 2.22. The topological polar surface area (TPSA) is 40.1 Å². The summed E-state index contributed by atoms with van der Waals surface area (Å²) < 4.78 is 0. The molecule has 3 heteroatoms. The second-order valence-corrected chi connectivity index (χ2v) is 4.68. The number of aliphatic carboxylic acids is 1. The summed E-state index contributed by atoms with van der Waals surface area (Å²) in [6.07, 6.45) is 1.65. The highest BCUT2D eigenvalue weighted by atomic mass is 32.1. The summed E-state index contributed by atoms with van der Waals surface area (Å²) in [5.41, 5.74) is 2.20. The fourth-order valence-electron chi connectivity index (χ4n) is 1.59. The largest absolute Gasteiger partial charge is 0.545 e. The van der Waals surface area contributed by atoms with Crippen LogP contribution in [0.4, 0.5) is 0 Å². The normalized spacial score (nSPS) is 11.5. The molecule has 0 amide bonds. The van der Waals surface area contributed by atoms with Gasteiger partial charge in [0.1, 0.15) is 0 Å². The number of carbonyl (C=O) groups excluding carboxylic acids is 1. The van der Waals surface area contributed by atoms with Crippen molar-refractivity contribution in [1.82, 2.24) is 0 Å². The molecule has 1 aromatic carbocycles. The minimum absolute atomic E-state index is 0.227. The summed E-state index contributed by atoms with van der Waals surface area (Å²) >= 11 is 1.39. The summed E-state index contributed by atoms with van der Waals surface area (Å²) in [7, 11) is 0. The standard InChI is InChI=1S/C14H12O2S/c1-10-4-2-5-11(8-10)9-12(14(15)16)13-6-3-7-17-13/h2-9H,1H3,(H,15,16)/p-1/b12-9+. The smallest absolute Gasteiger partial charge is 0.0729 e. The third-order valence-corrected chi connectivity index (χ3v) is 3.26. The second kappa shape index (κ2) is 4.97. The van der Waals surface area contributed by atoms with Crippen LogP contribution < -0.4 is 5.11 Å². The number of hydrogen-bond acceptors (Lipinski definition) is 3. The van der Waals surface area contributed by atoms with Crippen LogP contribution in [0.5, 0.6) is 0 Å². The average molecular weight is 243 g/mol. The number of hydrogen-bond donors (Lipinski definition) is 0. The van der Waals surface area contributed by atoms with Gasteiger partial charge in [-0.2, -0.15) is 0 Å². The van der Waals surface area contributed by atoms with Crippen molar-refractivity contribution in [3.63, 3.8) is 0 Å². The first kappa shape index (κ1) is 11.6. The SMILES string of the molecule is Cc1cccc(/C=C(/C(=O)[O-])c2cccs2)c1. The maximum absolute atomic E-state index is 11.1. The Morgan fingerprint density at radius 2 is 2.12 bits per heavy atom. The first-order valence-corrected chi connectivity index (χ1v) is 6.08. The Bertz CT molecular complexity index is 553. The quantitative estimate of drug-likeness (QED) is 0.776.